The van der Waals surface area contributed by atoms with Gasteiger partial charge in [-0.25, -0.2) is 0 Å². The smallest absolute Gasteiger partial charge is 0.157 e. The van der Waals surface area contributed by atoms with Gasteiger partial charge in [0.15, 0.2) is 12.6 Å². The van der Waals surface area contributed by atoms with Crippen molar-refractivity contribution in [2.45, 2.75) is 63.3 Å². The van der Waals surface area contributed by atoms with Crippen molar-refractivity contribution >= 4 is 0 Å². The Bertz CT molecular complexity index is 1260. The normalized spacial score (nSPS) is 78.2. The Morgan fingerprint density at radius 3 is 1.00 bits per heavy atom. The molecule has 18 atom stereocenters. The van der Waals surface area contributed by atoms with Crippen LogP contribution in [0.4, 0.5) is 0 Å². The lowest BCUT2D eigenvalue weighted by atomic mass is 9.80. The number of rotatable bonds is 4. The summed E-state index contributed by atoms with van der Waals surface area (Å²) in [7, 11) is 0. The molecule has 0 aromatic carbocycles. The maximum absolute atomic E-state index is 6.95. The maximum Gasteiger partial charge on any atom is 0.157 e. The zero-order valence-corrected chi connectivity index (χ0v) is 25.0. The molecule has 16 saturated carbocycles. The van der Waals surface area contributed by atoms with Crippen LogP contribution in [0.5, 0.6) is 0 Å². The second-order valence-electron chi connectivity index (χ2n) is 19.5. The van der Waals surface area contributed by atoms with Gasteiger partial charge in [-0.3, -0.25) is 0 Å². The summed E-state index contributed by atoms with van der Waals surface area (Å²) in [6.45, 7) is 1.85. The van der Waals surface area contributed by atoms with E-state index >= 15 is 0 Å². The lowest BCUT2D eigenvalue weighted by Gasteiger charge is -2.29. The van der Waals surface area contributed by atoms with Gasteiger partial charge in [0, 0.05) is 13.2 Å². The van der Waals surface area contributed by atoms with Crippen LogP contribution in [0.3, 0.4) is 0 Å². The van der Waals surface area contributed by atoms with Gasteiger partial charge in [-0.1, -0.05) is 0 Å². The molecule has 18 aliphatic rings. The minimum absolute atomic E-state index is 0.121. The third-order valence-corrected chi connectivity index (χ3v) is 20.1. The molecule has 16 aliphatic carbocycles. The average molecular weight is 577 g/mol. The molecule has 2 heterocycles. The summed E-state index contributed by atoms with van der Waals surface area (Å²) in [5.74, 6) is 23.9. The second kappa shape index (κ2) is 6.43. The molecule has 0 amide bonds. The Balaban J connectivity index is 0.762. The van der Waals surface area contributed by atoms with Crippen LogP contribution in [0.15, 0.2) is 16.9 Å². The highest BCUT2D eigenvalue weighted by Gasteiger charge is 2.94. The van der Waals surface area contributed by atoms with Gasteiger partial charge in [-0.05, 0) is 192 Å². The lowest BCUT2D eigenvalue weighted by molar-refractivity contribution is -0.199. The predicted octanol–water partition coefficient (Wildman–Crippen LogP) is 5.24. The first-order chi connectivity index (χ1) is 21.4. The lowest BCUT2D eigenvalue weighted by Crippen LogP contribution is -2.32. The Kier molecular flexibility index (Phi) is 3.29. The van der Waals surface area contributed by atoms with E-state index < -0.39 is 0 Å². The van der Waals surface area contributed by atoms with E-state index in [0.29, 0.717) is 12.2 Å². The van der Waals surface area contributed by atoms with Crippen molar-refractivity contribution < 1.29 is 18.9 Å². The molecule has 0 aromatic heterocycles. The predicted molar refractivity (Wildman–Crippen MR) is 151 cm³/mol. The fourth-order valence-corrected chi connectivity index (χ4v) is 21.3. The number of hydrogen-bond acceptors (Lipinski definition) is 4. The Hall–Kier alpha value is -0.640. The van der Waals surface area contributed by atoms with E-state index in [0.717, 1.165) is 168 Å². The van der Waals surface area contributed by atoms with Crippen LogP contribution < -0.4 is 0 Å². The molecule has 18 unspecified atom stereocenters. The van der Waals surface area contributed by atoms with Crippen LogP contribution in [0.1, 0.15) is 38.5 Å². The number of ether oxygens (including phenoxy) is 4. The highest BCUT2D eigenvalue weighted by molar-refractivity contribution is 5.51. The van der Waals surface area contributed by atoms with Gasteiger partial charge >= 0.3 is 0 Å². The molecule has 0 N–H and O–H groups in total. The molecule has 2 aliphatic heterocycles. The van der Waals surface area contributed by atoms with E-state index in [2.05, 4.69) is 5.73 Å². The van der Waals surface area contributed by atoms with Crippen molar-refractivity contribution in [2.75, 3.05) is 13.2 Å². The summed E-state index contributed by atoms with van der Waals surface area (Å²) in [4.78, 5) is 0. The van der Waals surface area contributed by atoms with E-state index in [1.807, 2.05) is 11.1 Å². The van der Waals surface area contributed by atoms with Gasteiger partial charge in [0.05, 0.1) is 12.2 Å². The first kappa shape index (κ1) is 22.0. The molecule has 0 aromatic rings. The van der Waals surface area contributed by atoms with Crippen LogP contribution in [0, 0.1) is 142 Å². The Labute approximate surface area is 254 Å². The zero-order valence-electron chi connectivity index (χ0n) is 25.0. The van der Waals surface area contributed by atoms with E-state index in [9.17, 15) is 0 Å². The largest absolute Gasteiger partial charge is 0.353 e. The van der Waals surface area contributed by atoms with Gasteiger partial charge in [-0.15, -0.1) is 5.73 Å². The monoisotopic (exact) mass is 576 g/mol. The Morgan fingerprint density at radius 1 is 0.395 bits per heavy atom. The molecule has 8 bridgehead atoms. The molecule has 2 saturated heterocycles. The summed E-state index contributed by atoms with van der Waals surface area (Å²) < 4.78 is 26.2. The third kappa shape index (κ3) is 1.83. The van der Waals surface area contributed by atoms with Crippen molar-refractivity contribution in [1.82, 2.24) is 0 Å². The highest BCUT2D eigenvalue weighted by Crippen LogP contribution is 2.96. The van der Waals surface area contributed by atoms with E-state index in [1.165, 1.54) is 25.7 Å². The second-order valence-corrected chi connectivity index (χ2v) is 19.5. The van der Waals surface area contributed by atoms with Gasteiger partial charge in [-0.2, -0.15) is 0 Å². The van der Waals surface area contributed by atoms with Crippen molar-refractivity contribution in [2.24, 2.45) is 142 Å². The molecule has 43 heavy (non-hydrogen) atoms. The SMILES string of the molecule is C(=C1C2C3C4C1C1C2C2C5C(OC6CCCCO6)C(C32)C4C51)=C1C2C3C4C1C1C2C2C5C(OC6CCCCO6)C(C32)C4C51. The fourth-order valence-electron chi connectivity index (χ4n) is 21.3. The first-order valence-electron chi connectivity index (χ1n) is 19.5. The van der Waals surface area contributed by atoms with Crippen LogP contribution in [-0.4, -0.2) is 38.0 Å². The number of allylic oxidation sites excluding steroid dienone is 1. The molecule has 224 valence electrons. The molecule has 18 fully saturated rings. The van der Waals surface area contributed by atoms with Crippen LogP contribution in [-0.2, 0) is 18.9 Å². The van der Waals surface area contributed by atoms with Gasteiger partial charge < -0.3 is 18.9 Å². The molecular weight excluding hydrogens is 532 g/mol. The summed E-state index contributed by atoms with van der Waals surface area (Å²) in [6, 6.07) is 0. The Morgan fingerprint density at radius 2 is 0.721 bits per heavy atom. The summed E-state index contributed by atoms with van der Waals surface area (Å²) in [5.41, 5.74) is 8.54. The molecule has 4 nitrogen and oxygen atoms in total. The molecule has 4 heteroatoms. The summed E-state index contributed by atoms with van der Waals surface area (Å²) in [6.07, 6.45) is 8.73. The van der Waals surface area contributed by atoms with E-state index in [1.54, 1.807) is 0 Å². The zero-order chi connectivity index (χ0) is 26.5. The average Bonchev–Trinajstić information content (AvgIpc) is 3.82. The van der Waals surface area contributed by atoms with Crippen LogP contribution in [0.2, 0.25) is 0 Å². The van der Waals surface area contributed by atoms with Crippen molar-refractivity contribution in [3.63, 3.8) is 0 Å². The van der Waals surface area contributed by atoms with Crippen molar-refractivity contribution in [1.29, 1.82) is 0 Å². The van der Waals surface area contributed by atoms with E-state index in [4.69, 9.17) is 18.9 Å². The number of hydrogen-bond donors (Lipinski definition) is 0. The standard InChI is InChI=1S/C39H44O4/c1-3-7-40-12(5-1)42-38-34-26-18-14-10(15-20(18)28(34)29-21(15)19(14)27(26)35(29)38)9-11-16-22-24-17(11)25-23(16)31-30(22)36-32(24)33(25)37(31)39(36)43-13-6-2-4-8-41-13/h12-39H,1-8H2. The van der Waals surface area contributed by atoms with Crippen LogP contribution in [0.25, 0.3) is 0 Å². The quantitative estimate of drug-likeness (QED) is 0.429. The van der Waals surface area contributed by atoms with Gasteiger partial charge in [0.2, 0.25) is 0 Å². The summed E-state index contributed by atoms with van der Waals surface area (Å²) >= 11 is 0. The topological polar surface area (TPSA) is 36.9 Å². The molecule has 18 rings (SSSR count). The minimum atomic E-state index is 0.121. The van der Waals surface area contributed by atoms with Crippen LogP contribution >= 0.6 is 0 Å². The molecular formula is C39H44O4. The van der Waals surface area contributed by atoms with Gasteiger partial charge in [0.25, 0.3) is 0 Å². The van der Waals surface area contributed by atoms with Gasteiger partial charge in [0.1, 0.15) is 0 Å². The first-order valence-corrected chi connectivity index (χ1v) is 19.5. The van der Waals surface area contributed by atoms with Crippen molar-refractivity contribution in [3.8, 4) is 0 Å². The van der Waals surface area contributed by atoms with E-state index in [-0.39, 0.29) is 12.6 Å². The minimum Gasteiger partial charge on any atom is -0.353 e. The molecule has 0 spiro atoms. The summed E-state index contributed by atoms with van der Waals surface area (Å²) in [5, 5.41) is 0. The maximum atomic E-state index is 6.95. The fraction of sp³-hybridized carbons (Fsp3) is 0.923. The molecule has 0 radical (unpaired) electrons. The van der Waals surface area contributed by atoms with Crippen molar-refractivity contribution in [3.05, 3.63) is 16.9 Å². The highest BCUT2D eigenvalue weighted by atomic mass is 16.7. The third-order valence-electron chi connectivity index (χ3n) is 20.1.